The van der Waals surface area contributed by atoms with Crippen molar-refractivity contribution in [1.29, 1.82) is 0 Å². The Morgan fingerprint density at radius 1 is 0.857 bits per heavy atom. The normalized spacial score (nSPS) is 18.9. The van der Waals surface area contributed by atoms with E-state index in [1.807, 2.05) is 99.6 Å². The van der Waals surface area contributed by atoms with Crippen LogP contribution < -0.4 is 9.47 Å². The average Bonchev–Trinajstić information content (AvgIpc) is 2.98. The predicted octanol–water partition coefficient (Wildman–Crippen LogP) is 5.96. The number of nitrogens with zero attached hydrogens (tertiary/aromatic N) is 1. The molecule has 3 aromatic carbocycles. The second kappa shape index (κ2) is 15.0. The molecule has 42 heavy (non-hydrogen) atoms. The van der Waals surface area contributed by atoms with Crippen molar-refractivity contribution in [2.75, 3.05) is 33.4 Å². The Balaban J connectivity index is 1.36. The van der Waals surface area contributed by atoms with Crippen molar-refractivity contribution in [1.82, 2.24) is 4.90 Å². The van der Waals surface area contributed by atoms with Crippen molar-refractivity contribution in [3.05, 3.63) is 95.6 Å². The lowest BCUT2D eigenvalue weighted by Gasteiger charge is -2.42. The summed E-state index contributed by atoms with van der Waals surface area (Å²) in [5, 5.41) is 11.3. The lowest BCUT2D eigenvalue weighted by atomic mass is 9.84. The topological polar surface area (TPSA) is 86.7 Å². The van der Waals surface area contributed by atoms with E-state index < -0.39 is 23.9 Å². The van der Waals surface area contributed by atoms with Gasteiger partial charge in [-0.3, -0.25) is 0 Å². The van der Waals surface area contributed by atoms with Gasteiger partial charge in [-0.15, -0.1) is 0 Å². The van der Waals surface area contributed by atoms with Crippen LogP contribution in [0.4, 0.5) is 4.79 Å². The quantitative estimate of drug-likeness (QED) is 0.266. The molecular weight excluding hydrogens is 534 g/mol. The summed E-state index contributed by atoms with van der Waals surface area (Å²) in [5.74, 6) is 1.18. The molecular formula is C34H43NO7. The number of methoxy groups -OCH3 is 1. The number of carbonyl (C=O) groups excluding carboxylic acids is 1. The summed E-state index contributed by atoms with van der Waals surface area (Å²) in [6.07, 6.45) is -0.968. The Morgan fingerprint density at radius 3 is 2.19 bits per heavy atom. The minimum absolute atomic E-state index is 0.156. The summed E-state index contributed by atoms with van der Waals surface area (Å²) in [7, 11) is 1.63. The molecule has 226 valence electrons. The summed E-state index contributed by atoms with van der Waals surface area (Å²) in [6.45, 7) is 8.01. The van der Waals surface area contributed by atoms with Crippen LogP contribution in [0.1, 0.15) is 49.8 Å². The Labute approximate surface area is 249 Å². The number of ether oxygens (including phenoxy) is 5. The predicted molar refractivity (Wildman–Crippen MR) is 161 cm³/mol. The van der Waals surface area contributed by atoms with E-state index in [0.29, 0.717) is 33.0 Å². The van der Waals surface area contributed by atoms with Gasteiger partial charge >= 0.3 is 6.09 Å². The zero-order chi connectivity index (χ0) is 30.0. The molecule has 1 aliphatic rings. The van der Waals surface area contributed by atoms with E-state index in [4.69, 9.17) is 23.7 Å². The number of hydrogen-bond donors (Lipinski definition) is 1. The zero-order valence-electron chi connectivity index (χ0n) is 25.0. The van der Waals surface area contributed by atoms with Gasteiger partial charge in [0.2, 0.25) is 0 Å². The molecule has 4 rings (SSSR count). The summed E-state index contributed by atoms with van der Waals surface area (Å²) < 4.78 is 28.8. The third kappa shape index (κ3) is 9.48. The van der Waals surface area contributed by atoms with Gasteiger partial charge in [-0.1, -0.05) is 54.6 Å². The van der Waals surface area contributed by atoms with Crippen LogP contribution in [0.3, 0.4) is 0 Å². The molecule has 0 bridgehead atoms. The summed E-state index contributed by atoms with van der Waals surface area (Å²) in [6, 6.07) is 25.5. The Kier molecular flexibility index (Phi) is 11.2. The van der Waals surface area contributed by atoms with Crippen molar-refractivity contribution in [2.24, 2.45) is 0 Å². The molecule has 1 N–H and O–H groups in total. The molecule has 1 heterocycles. The number of piperidine rings is 1. The number of carbonyl (C=O) groups is 1. The summed E-state index contributed by atoms with van der Waals surface area (Å²) >= 11 is 0. The van der Waals surface area contributed by atoms with Crippen LogP contribution in [0.25, 0.3) is 0 Å². The first-order chi connectivity index (χ1) is 20.2. The van der Waals surface area contributed by atoms with Gasteiger partial charge in [0, 0.05) is 12.3 Å². The molecule has 8 nitrogen and oxygen atoms in total. The van der Waals surface area contributed by atoms with Crippen LogP contribution in [0, 0.1) is 0 Å². The standard InChI is InChI=1S/C34H43NO7/c1-34(2,3)42-33(37)35-21-30(36)32(31(22-35)41-24-26-11-15-28(38-4)16-12-26)27-13-17-29(18-14-27)40-20-8-19-39-23-25-9-6-5-7-10-25/h5-7,9-18,30-32,36H,8,19-24H2,1-4H3. The Morgan fingerprint density at radius 2 is 1.52 bits per heavy atom. The van der Waals surface area contributed by atoms with E-state index in [9.17, 15) is 9.90 Å². The molecule has 0 aliphatic carbocycles. The highest BCUT2D eigenvalue weighted by Gasteiger charge is 2.40. The number of aliphatic hydroxyl groups is 1. The van der Waals surface area contributed by atoms with Crippen molar-refractivity contribution in [3.8, 4) is 11.5 Å². The Bertz CT molecular complexity index is 1230. The molecule has 1 saturated heterocycles. The molecule has 1 fully saturated rings. The third-order valence-electron chi connectivity index (χ3n) is 6.98. The number of amides is 1. The highest BCUT2D eigenvalue weighted by Crippen LogP contribution is 2.33. The minimum Gasteiger partial charge on any atom is -0.497 e. The number of hydrogen-bond acceptors (Lipinski definition) is 7. The molecule has 0 saturated carbocycles. The van der Waals surface area contributed by atoms with Crippen LogP contribution in [0.15, 0.2) is 78.9 Å². The van der Waals surface area contributed by atoms with Crippen LogP contribution in [0.5, 0.6) is 11.5 Å². The van der Waals surface area contributed by atoms with Crippen LogP contribution >= 0.6 is 0 Å². The van der Waals surface area contributed by atoms with E-state index in [1.165, 1.54) is 4.90 Å². The number of aliphatic hydroxyl groups excluding tert-OH is 1. The van der Waals surface area contributed by atoms with Gasteiger partial charge in [0.1, 0.15) is 17.1 Å². The van der Waals surface area contributed by atoms with Gasteiger partial charge in [0.25, 0.3) is 0 Å². The molecule has 1 amide bonds. The van der Waals surface area contributed by atoms with E-state index in [2.05, 4.69) is 0 Å². The van der Waals surface area contributed by atoms with Crippen molar-refractivity contribution in [2.45, 2.75) is 64.1 Å². The first kappa shape index (κ1) is 31.3. The van der Waals surface area contributed by atoms with Gasteiger partial charge in [0.05, 0.1) is 58.8 Å². The van der Waals surface area contributed by atoms with Crippen LogP contribution in [-0.4, -0.2) is 67.3 Å². The number of benzene rings is 3. The monoisotopic (exact) mass is 577 g/mol. The molecule has 3 atom stereocenters. The number of β-amino-alcohol motifs (C(OH)–C–C–N with tert-alkyl or cyclic N) is 1. The van der Waals surface area contributed by atoms with Gasteiger partial charge in [-0.2, -0.15) is 0 Å². The lowest BCUT2D eigenvalue weighted by Crippen LogP contribution is -2.54. The first-order valence-corrected chi connectivity index (χ1v) is 14.5. The minimum atomic E-state index is -0.833. The highest BCUT2D eigenvalue weighted by atomic mass is 16.6. The largest absolute Gasteiger partial charge is 0.497 e. The maximum atomic E-state index is 12.9. The van der Waals surface area contributed by atoms with Gasteiger partial charge < -0.3 is 33.7 Å². The summed E-state index contributed by atoms with van der Waals surface area (Å²) in [4.78, 5) is 14.4. The molecule has 0 aromatic heterocycles. The Hall–Kier alpha value is -3.59. The van der Waals surface area contributed by atoms with Crippen molar-refractivity contribution in [3.63, 3.8) is 0 Å². The third-order valence-corrected chi connectivity index (χ3v) is 6.98. The second-order valence-corrected chi connectivity index (χ2v) is 11.5. The zero-order valence-corrected chi connectivity index (χ0v) is 25.0. The fourth-order valence-electron chi connectivity index (χ4n) is 4.89. The summed E-state index contributed by atoms with van der Waals surface area (Å²) in [5.41, 5.74) is 2.40. The fraction of sp³-hybridized carbons (Fsp3) is 0.441. The number of rotatable bonds is 12. The molecule has 3 aromatic rings. The highest BCUT2D eigenvalue weighted by molar-refractivity contribution is 5.68. The van der Waals surface area contributed by atoms with Crippen LogP contribution in [-0.2, 0) is 27.4 Å². The molecule has 1 aliphatic heterocycles. The maximum absolute atomic E-state index is 12.9. The van der Waals surface area contributed by atoms with E-state index in [1.54, 1.807) is 7.11 Å². The first-order valence-electron chi connectivity index (χ1n) is 14.5. The maximum Gasteiger partial charge on any atom is 0.410 e. The number of likely N-dealkylation sites (tertiary alicyclic amines) is 1. The fourth-order valence-corrected chi connectivity index (χ4v) is 4.89. The smallest absolute Gasteiger partial charge is 0.410 e. The van der Waals surface area contributed by atoms with E-state index in [-0.39, 0.29) is 12.5 Å². The van der Waals surface area contributed by atoms with E-state index >= 15 is 0 Å². The van der Waals surface area contributed by atoms with Crippen molar-refractivity contribution < 1.29 is 33.6 Å². The van der Waals surface area contributed by atoms with Gasteiger partial charge in [-0.05, 0) is 61.7 Å². The van der Waals surface area contributed by atoms with Crippen molar-refractivity contribution >= 4 is 6.09 Å². The molecule has 3 unspecified atom stereocenters. The molecule has 0 radical (unpaired) electrons. The lowest BCUT2D eigenvalue weighted by molar-refractivity contribution is -0.0756. The van der Waals surface area contributed by atoms with E-state index in [0.717, 1.165) is 34.6 Å². The molecule has 8 heteroatoms. The van der Waals surface area contributed by atoms with Crippen LogP contribution in [0.2, 0.25) is 0 Å². The van der Waals surface area contributed by atoms with Gasteiger partial charge in [-0.25, -0.2) is 4.79 Å². The molecule has 0 spiro atoms. The SMILES string of the molecule is COc1ccc(COC2CN(C(=O)OC(C)(C)C)CC(O)C2c2ccc(OCCCOCc3ccccc3)cc2)cc1. The van der Waals surface area contributed by atoms with Gasteiger partial charge in [0.15, 0.2) is 0 Å². The average molecular weight is 578 g/mol. The second-order valence-electron chi connectivity index (χ2n) is 11.5.